The fourth-order valence-electron chi connectivity index (χ4n) is 5.05. The molecule has 0 bridgehead atoms. The van der Waals surface area contributed by atoms with E-state index in [1.54, 1.807) is 18.6 Å². The first kappa shape index (κ1) is 42.7. The fourth-order valence-corrected chi connectivity index (χ4v) is 5.05. The molecule has 10 nitrogen and oxygen atoms in total. The molecular formula is C35H68N5O5+. The lowest BCUT2D eigenvalue weighted by atomic mass is 10.1. The summed E-state index contributed by atoms with van der Waals surface area (Å²) in [6, 6.07) is 0. The normalized spacial score (nSPS) is 13.6. The third kappa shape index (κ3) is 34.4. The van der Waals surface area contributed by atoms with Gasteiger partial charge in [0.2, 0.25) is 0 Å². The van der Waals surface area contributed by atoms with Crippen molar-refractivity contribution in [2.24, 2.45) is 5.16 Å². The second-order valence-electron chi connectivity index (χ2n) is 12.2. The average molecular weight is 639 g/mol. The van der Waals surface area contributed by atoms with E-state index in [2.05, 4.69) is 17.4 Å². The number of nitrogens with one attached hydrogen (secondary N) is 1. The summed E-state index contributed by atoms with van der Waals surface area (Å²) in [5.74, 6) is 0. The number of hydrogen-bond acceptors (Lipinski definition) is 7. The van der Waals surface area contributed by atoms with Crippen LogP contribution in [0.5, 0.6) is 0 Å². The molecular weight excluding hydrogens is 570 g/mol. The lowest BCUT2D eigenvalue weighted by molar-refractivity contribution is -0.455. The van der Waals surface area contributed by atoms with Gasteiger partial charge in [0.25, 0.3) is 6.23 Å². The van der Waals surface area contributed by atoms with Gasteiger partial charge in [-0.3, -0.25) is 5.32 Å². The second kappa shape index (κ2) is 34.5. The zero-order valence-corrected chi connectivity index (χ0v) is 28.7. The highest BCUT2D eigenvalue weighted by molar-refractivity contribution is 5.56. The number of rotatable bonds is 34. The molecule has 0 heterocycles. The molecule has 0 radical (unpaired) electrons. The van der Waals surface area contributed by atoms with Crippen LogP contribution in [0.2, 0.25) is 0 Å². The first-order chi connectivity index (χ1) is 22.0. The number of unbranched alkanes of at least 4 members (excludes halogenated alkanes) is 19. The zero-order valence-electron chi connectivity index (χ0n) is 28.7. The molecule has 0 spiro atoms. The highest BCUT2D eigenvalue weighted by atomic mass is 16.5. The average Bonchev–Trinajstić information content (AvgIpc) is 3.02. The Morgan fingerprint density at radius 2 is 1.02 bits per heavy atom. The Labute approximate surface area is 275 Å². The van der Waals surface area contributed by atoms with E-state index < -0.39 is 6.23 Å². The van der Waals surface area contributed by atoms with Gasteiger partial charge in [-0.2, -0.15) is 0 Å². The molecule has 0 rings (SSSR count). The molecule has 0 amide bonds. The van der Waals surface area contributed by atoms with Crippen LogP contribution in [0, 0.1) is 22.0 Å². The van der Waals surface area contributed by atoms with Crippen LogP contribution in [0.1, 0.15) is 161 Å². The Balaban J connectivity index is 3.54. The number of aliphatic hydroxyl groups excluding tert-OH is 1. The highest BCUT2D eigenvalue weighted by Crippen LogP contribution is 2.07. The van der Waals surface area contributed by atoms with Gasteiger partial charge in [-0.1, -0.05) is 45.4 Å². The third-order valence-corrected chi connectivity index (χ3v) is 7.89. The van der Waals surface area contributed by atoms with Gasteiger partial charge in [0.05, 0.1) is 6.42 Å². The van der Waals surface area contributed by atoms with Gasteiger partial charge >= 0.3 is 0 Å². The summed E-state index contributed by atoms with van der Waals surface area (Å²) in [6.45, 7) is 4.60. The molecule has 0 fully saturated rings. The summed E-state index contributed by atoms with van der Waals surface area (Å²) in [4.78, 5) is 0. The van der Waals surface area contributed by atoms with Crippen LogP contribution < -0.4 is 5.32 Å². The van der Waals surface area contributed by atoms with Gasteiger partial charge in [-0.05, 0) is 70.6 Å². The van der Waals surface area contributed by atoms with Gasteiger partial charge in [-0.15, -0.1) is 5.16 Å². The second-order valence-corrected chi connectivity index (χ2v) is 12.2. The summed E-state index contributed by atoms with van der Waals surface area (Å²) < 4.78 is 3.18. The Bertz CT molecular complexity index is 761. The molecule has 3 N–H and O–H groups in total. The first-order valence-electron chi connectivity index (χ1n) is 18.2. The maximum atomic E-state index is 12.0. The fraction of sp³-hybridized carbons (Fsp3) is 0.857. The van der Waals surface area contributed by atoms with Crippen molar-refractivity contribution in [2.45, 2.75) is 167 Å². The van der Waals surface area contributed by atoms with Crippen molar-refractivity contribution < 1.29 is 24.5 Å². The molecule has 0 aliphatic rings. The minimum atomic E-state index is -0.514. The lowest BCUT2D eigenvalue weighted by Gasteiger charge is -2.06. The maximum Gasteiger partial charge on any atom is 0.251 e. The molecule has 10 heteroatoms. The SMILES string of the molecule is CCCCCC[CH+]C(O)NCCCCCC=[N+]([O-])CCCCCCC=[N+]([O-])CCCCCCC[N+]([O-])=CCCCCCC=NO. The first-order valence-corrected chi connectivity index (χ1v) is 18.2. The molecule has 0 aromatic rings. The highest BCUT2D eigenvalue weighted by Gasteiger charge is 2.11. The quantitative estimate of drug-likeness (QED) is 0.00964. The van der Waals surface area contributed by atoms with E-state index in [4.69, 9.17) is 5.21 Å². The summed E-state index contributed by atoms with van der Waals surface area (Å²) >= 11 is 0. The molecule has 0 aromatic carbocycles. The lowest BCUT2D eigenvalue weighted by Crippen LogP contribution is -2.29. The van der Waals surface area contributed by atoms with Crippen LogP contribution in [-0.2, 0) is 0 Å². The Hall–Kier alpha value is -2.33. The topological polar surface area (TPSA) is 143 Å². The van der Waals surface area contributed by atoms with E-state index in [-0.39, 0.29) is 0 Å². The van der Waals surface area contributed by atoms with E-state index in [0.29, 0.717) is 19.6 Å². The standard InChI is InChI=1S/C35H67N5O5/c1-2-3-4-8-17-26-35(41)36-27-18-10-16-25-34-40(45)33-24-15-7-14-23-32-39(44)31-22-13-6-12-21-30-38(43)29-20-11-5-9-19-28-37-42/h26,28-29,32,34-36,41H,2-25,27,30-31,33H2,1H3/p+1. The maximum absolute atomic E-state index is 12.0. The molecule has 1 atom stereocenters. The molecule has 262 valence electrons. The largest absolute Gasteiger partial charge is 0.624 e. The van der Waals surface area contributed by atoms with E-state index in [0.717, 1.165) is 156 Å². The predicted octanol–water partition coefficient (Wildman–Crippen LogP) is 7.68. The zero-order chi connectivity index (χ0) is 33.1. The smallest absolute Gasteiger partial charge is 0.251 e. The van der Waals surface area contributed by atoms with Crippen LogP contribution in [0.15, 0.2) is 5.16 Å². The Kier molecular flexibility index (Phi) is 32.8. The van der Waals surface area contributed by atoms with Crippen LogP contribution >= 0.6 is 0 Å². The molecule has 45 heavy (non-hydrogen) atoms. The number of aliphatic hydroxyl groups is 1. The van der Waals surface area contributed by atoms with Crippen molar-refractivity contribution in [1.29, 1.82) is 0 Å². The van der Waals surface area contributed by atoms with Gasteiger partial charge in [0.1, 0.15) is 6.42 Å². The van der Waals surface area contributed by atoms with Crippen LogP contribution in [0.3, 0.4) is 0 Å². The van der Waals surface area contributed by atoms with Gasteiger partial charge in [-0.25, -0.2) is 14.2 Å². The van der Waals surface area contributed by atoms with E-state index >= 15 is 0 Å². The Morgan fingerprint density at radius 1 is 0.600 bits per heavy atom. The summed E-state index contributed by atoms with van der Waals surface area (Å²) in [5.41, 5.74) is 0. The molecule has 0 saturated carbocycles. The van der Waals surface area contributed by atoms with E-state index in [1.165, 1.54) is 25.5 Å². The van der Waals surface area contributed by atoms with Crippen molar-refractivity contribution in [3.63, 3.8) is 0 Å². The van der Waals surface area contributed by atoms with E-state index in [9.17, 15) is 20.7 Å². The van der Waals surface area contributed by atoms with Gasteiger partial charge in [0.15, 0.2) is 38.3 Å². The molecule has 0 aromatic heterocycles. The van der Waals surface area contributed by atoms with Gasteiger partial charge in [0, 0.05) is 51.3 Å². The van der Waals surface area contributed by atoms with Crippen LogP contribution in [0.25, 0.3) is 0 Å². The van der Waals surface area contributed by atoms with E-state index in [1.807, 2.05) is 6.42 Å². The predicted molar refractivity (Wildman–Crippen MR) is 189 cm³/mol. The molecule has 0 saturated heterocycles. The Morgan fingerprint density at radius 3 is 1.53 bits per heavy atom. The van der Waals surface area contributed by atoms with Crippen molar-refractivity contribution >= 4 is 24.9 Å². The van der Waals surface area contributed by atoms with Crippen molar-refractivity contribution in [2.75, 3.05) is 26.2 Å². The number of hydrogen-bond donors (Lipinski definition) is 3. The molecule has 1 unspecified atom stereocenters. The minimum Gasteiger partial charge on any atom is -0.624 e. The summed E-state index contributed by atoms with van der Waals surface area (Å²) in [7, 11) is 0. The molecule has 0 aliphatic heterocycles. The van der Waals surface area contributed by atoms with Crippen LogP contribution in [-0.4, -0.2) is 81.8 Å². The van der Waals surface area contributed by atoms with Gasteiger partial charge < -0.3 is 25.9 Å². The van der Waals surface area contributed by atoms with Crippen molar-refractivity contribution in [1.82, 2.24) is 5.32 Å². The monoisotopic (exact) mass is 639 g/mol. The van der Waals surface area contributed by atoms with Crippen LogP contribution in [0.4, 0.5) is 0 Å². The molecule has 0 aliphatic carbocycles. The number of nitrogens with zero attached hydrogens (tertiary/aromatic N) is 4. The van der Waals surface area contributed by atoms with Crippen molar-refractivity contribution in [3.05, 3.63) is 22.0 Å². The summed E-state index contributed by atoms with van der Waals surface area (Å²) in [5, 5.41) is 60.2. The third-order valence-electron chi connectivity index (χ3n) is 7.89. The number of hydroxylamine groups is 3. The van der Waals surface area contributed by atoms with Crippen molar-refractivity contribution in [3.8, 4) is 0 Å². The minimum absolute atomic E-state index is 0.514. The summed E-state index contributed by atoms with van der Waals surface area (Å²) in [6.07, 6.45) is 31.9. The number of oxime groups is 1.